The number of sulfonamides is 1. The van der Waals surface area contributed by atoms with E-state index in [0.29, 0.717) is 10.2 Å². The first kappa shape index (κ1) is 27.2. The number of nitrogens with one attached hydrogen (secondary N) is 1. The highest BCUT2D eigenvalue weighted by Crippen LogP contribution is 2.22. The zero-order valence-electron chi connectivity index (χ0n) is 20.5. The van der Waals surface area contributed by atoms with E-state index in [1.54, 1.807) is 18.2 Å². The van der Waals surface area contributed by atoms with Gasteiger partial charge in [0, 0.05) is 17.5 Å². The molecule has 4 aromatic rings. The van der Waals surface area contributed by atoms with Gasteiger partial charge in [-0.05, 0) is 61.5 Å². The maximum absolute atomic E-state index is 13.0. The number of carbonyl (C=O) groups is 2. The lowest BCUT2D eigenvalue weighted by Crippen LogP contribution is -2.22. The number of anilines is 1. The quantitative estimate of drug-likeness (QED) is 0.335. The van der Waals surface area contributed by atoms with E-state index in [-0.39, 0.29) is 32.4 Å². The number of methoxy groups -OCH3 is 1. The van der Waals surface area contributed by atoms with Crippen molar-refractivity contribution < 1.29 is 31.2 Å². The van der Waals surface area contributed by atoms with Crippen LogP contribution in [-0.4, -0.2) is 46.6 Å². The van der Waals surface area contributed by atoms with E-state index in [4.69, 9.17) is 4.74 Å². The number of carbonyl (C=O) groups excluding carboxylic acids is 2. The molecule has 1 amide bonds. The fraction of sp³-hybridized carbons (Fsp3) is 0.160. The van der Waals surface area contributed by atoms with Crippen molar-refractivity contribution in [3.05, 3.63) is 82.7 Å². The Labute approximate surface area is 223 Å². The smallest absolute Gasteiger partial charge is 0.325 e. The number of aromatic nitrogens is 1. The molecule has 0 spiro atoms. The number of ether oxygens (including phenoxy) is 1. The Morgan fingerprint density at radius 2 is 1.58 bits per heavy atom. The molecular formula is C25H23N3O7S3. The van der Waals surface area contributed by atoms with Crippen LogP contribution in [0.1, 0.15) is 15.9 Å². The van der Waals surface area contributed by atoms with Gasteiger partial charge < -0.3 is 9.30 Å². The molecule has 1 aromatic heterocycles. The Bertz CT molecular complexity index is 1820. The molecule has 0 atom stereocenters. The van der Waals surface area contributed by atoms with Gasteiger partial charge in [-0.2, -0.15) is 4.99 Å². The standard InChI is InChI=1S/C25H23N3O7S3/c1-16-4-10-19(11-5-16)38(33,34)27-18-8-6-17(7-9-18)24(30)26-25-28(15-23(29)35-2)21-13-12-20(37(3,31)32)14-22(21)36-25/h4-14,27H,15H2,1-3H3. The van der Waals surface area contributed by atoms with Crippen LogP contribution < -0.4 is 9.52 Å². The summed E-state index contributed by atoms with van der Waals surface area (Å²) >= 11 is 1.05. The van der Waals surface area contributed by atoms with E-state index in [1.165, 1.54) is 60.2 Å². The monoisotopic (exact) mass is 573 g/mol. The number of hydrogen-bond acceptors (Lipinski definition) is 8. The number of nitrogens with zero attached hydrogens (tertiary/aromatic N) is 2. The number of rotatable bonds is 7. The summed E-state index contributed by atoms with van der Waals surface area (Å²) in [6.07, 6.45) is 1.09. The minimum absolute atomic E-state index is 0.0954. The van der Waals surface area contributed by atoms with Crippen LogP contribution in [0.4, 0.5) is 5.69 Å². The molecule has 4 rings (SSSR count). The maximum Gasteiger partial charge on any atom is 0.325 e. The Hall–Kier alpha value is -3.81. The van der Waals surface area contributed by atoms with E-state index in [1.807, 2.05) is 6.92 Å². The molecule has 0 radical (unpaired) electrons. The van der Waals surface area contributed by atoms with E-state index >= 15 is 0 Å². The van der Waals surface area contributed by atoms with Crippen molar-refractivity contribution in [2.45, 2.75) is 23.3 Å². The van der Waals surface area contributed by atoms with Crippen LogP contribution in [0.3, 0.4) is 0 Å². The number of amides is 1. The highest BCUT2D eigenvalue weighted by Gasteiger charge is 2.17. The van der Waals surface area contributed by atoms with Gasteiger partial charge in [0.05, 0.1) is 27.1 Å². The van der Waals surface area contributed by atoms with Gasteiger partial charge in [0.1, 0.15) is 6.54 Å². The molecule has 3 aromatic carbocycles. The Kier molecular flexibility index (Phi) is 7.54. The number of hydrogen-bond donors (Lipinski definition) is 1. The van der Waals surface area contributed by atoms with Gasteiger partial charge >= 0.3 is 5.97 Å². The van der Waals surface area contributed by atoms with Crippen LogP contribution in [-0.2, 0) is 35.9 Å². The van der Waals surface area contributed by atoms with Gasteiger partial charge in [-0.1, -0.05) is 29.0 Å². The van der Waals surface area contributed by atoms with E-state index < -0.39 is 31.7 Å². The van der Waals surface area contributed by atoms with Crippen LogP contribution in [0.25, 0.3) is 10.2 Å². The zero-order valence-corrected chi connectivity index (χ0v) is 23.0. The van der Waals surface area contributed by atoms with Gasteiger partial charge in [0.25, 0.3) is 15.9 Å². The van der Waals surface area contributed by atoms with Crippen molar-refractivity contribution in [2.24, 2.45) is 4.99 Å². The molecule has 0 unspecified atom stereocenters. The lowest BCUT2D eigenvalue weighted by Gasteiger charge is -2.08. The SMILES string of the molecule is COC(=O)Cn1c(=NC(=O)c2ccc(NS(=O)(=O)c3ccc(C)cc3)cc2)sc2cc(S(C)(=O)=O)ccc21. The summed E-state index contributed by atoms with van der Waals surface area (Å²) in [5.74, 6) is -1.21. The first-order chi connectivity index (χ1) is 17.9. The molecule has 38 heavy (non-hydrogen) atoms. The van der Waals surface area contributed by atoms with Crippen molar-refractivity contribution in [1.29, 1.82) is 0 Å². The molecule has 0 saturated carbocycles. The molecule has 0 aliphatic rings. The molecule has 0 saturated heterocycles. The summed E-state index contributed by atoms with van der Waals surface area (Å²) < 4.78 is 58.4. The van der Waals surface area contributed by atoms with Crippen molar-refractivity contribution in [3.8, 4) is 0 Å². The molecule has 198 valence electrons. The molecule has 1 N–H and O–H groups in total. The topological polar surface area (TPSA) is 141 Å². The Morgan fingerprint density at radius 1 is 0.947 bits per heavy atom. The summed E-state index contributed by atoms with van der Waals surface area (Å²) in [6.45, 7) is 1.62. The third-order valence-electron chi connectivity index (χ3n) is 5.51. The van der Waals surface area contributed by atoms with Crippen molar-refractivity contribution >= 4 is 59.0 Å². The maximum atomic E-state index is 13.0. The molecule has 1 heterocycles. The van der Waals surface area contributed by atoms with Gasteiger partial charge in [-0.25, -0.2) is 16.8 Å². The summed E-state index contributed by atoms with van der Waals surface area (Å²) in [4.78, 5) is 29.5. The molecule has 0 aliphatic heterocycles. The molecule has 13 heteroatoms. The van der Waals surface area contributed by atoms with E-state index in [0.717, 1.165) is 23.2 Å². The summed E-state index contributed by atoms with van der Waals surface area (Å²) in [7, 11) is -6.04. The lowest BCUT2D eigenvalue weighted by molar-refractivity contribution is -0.141. The molecule has 10 nitrogen and oxygen atoms in total. The second-order valence-corrected chi connectivity index (χ2v) is 13.1. The van der Waals surface area contributed by atoms with Crippen molar-refractivity contribution in [1.82, 2.24) is 4.57 Å². The summed E-state index contributed by atoms with van der Waals surface area (Å²) in [5.41, 5.74) is 1.89. The van der Waals surface area contributed by atoms with Gasteiger partial charge in [0.15, 0.2) is 14.6 Å². The van der Waals surface area contributed by atoms with E-state index in [2.05, 4.69) is 9.71 Å². The van der Waals surface area contributed by atoms with E-state index in [9.17, 15) is 26.4 Å². The summed E-state index contributed by atoms with van der Waals surface area (Å²) in [6, 6.07) is 16.6. The second kappa shape index (κ2) is 10.5. The predicted molar refractivity (Wildman–Crippen MR) is 143 cm³/mol. The van der Waals surface area contributed by atoms with Crippen LogP contribution in [0.15, 0.2) is 81.5 Å². The Balaban J connectivity index is 1.66. The minimum Gasteiger partial charge on any atom is -0.468 e. The van der Waals surface area contributed by atoms with Gasteiger partial charge in [-0.3, -0.25) is 14.3 Å². The fourth-order valence-corrected chi connectivity index (χ4v) is 6.33. The number of sulfone groups is 1. The average molecular weight is 574 g/mol. The third-order valence-corrected chi connectivity index (χ3v) is 9.06. The van der Waals surface area contributed by atoms with Gasteiger partial charge in [-0.15, -0.1) is 0 Å². The van der Waals surface area contributed by atoms with Crippen LogP contribution in [0.5, 0.6) is 0 Å². The normalized spacial score (nSPS) is 12.4. The Morgan fingerprint density at radius 3 is 2.18 bits per heavy atom. The number of thiazole rings is 1. The van der Waals surface area contributed by atoms with Crippen LogP contribution >= 0.6 is 11.3 Å². The highest BCUT2D eigenvalue weighted by atomic mass is 32.2. The fourth-order valence-electron chi connectivity index (χ4n) is 3.48. The summed E-state index contributed by atoms with van der Waals surface area (Å²) in [5, 5.41) is 0. The molecular weight excluding hydrogens is 550 g/mol. The molecule has 0 fully saturated rings. The van der Waals surface area contributed by atoms with Crippen LogP contribution in [0.2, 0.25) is 0 Å². The zero-order chi connectivity index (χ0) is 27.7. The van der Waals surface area contributed by atoms with Crippen LogP contribution in [0, 0.1) is 6.92 Å². The number of fused-ring (bicyclic) bond motifs is 1. The van der Waals surface area contributed by atoms with Crippen molar-refractivity contribution in [2.75, 3.05) is 18.1 Å². The lowest BCUT2D eigenvalue weighted by atomic mass is 10.2. The van der Waals surface area contributed by atoms with Gasteiger partial charge in [0.2, 0.25) is 0 Å². The third kappa shape index (κ3) is 6.01. The average Bonchev–Trinajstić information content (AvgIpc) is 3.19. The molecule has 0 bridgehead atoms. The number of aryl methyl sites for hydroxylation is 1. The predicted octanol–water partition coefficient (Wildman–Crippen LogP) is 3.13. The molecule has 0 aliphatic carbocycles. The first-order valence-electron chi connectivity index (χ1n) is 11.1. The largest absolute Gasteiger partial charge is 0.468 e. The minimum atomic E-state index is -3.81. The number of benzene rings is 3. The first-order valence-corrected chi connectivity index (χ1v) is 15.3. The highest BCUT2D eigenvalue weighted by molar-refractivity contribution is 7.92. The second-order valence-electron chi connectivity index (χ2n) is 8.36. The number of esters is 1. The van der Waals surface area contributed by atoms with Crippen molar-refractivity contribution in [3.63, 3.8) is 0 Å².